The smallest absolute Gasteiger partial charge is 0.335 e. The van der Waals surface area contributed by atoms with Crippen LogP contribution in [0.2, 0.25) is 10.0 Å². The first kappa shape index (κ1) is 18.3. The lowest BCUT2D eigenvalue weighted by Gasteiger charge is -2.07. The summed E-state index contributed by atoms with van der Waals surface area (Å²) in [5.41, 5.74) is 0.594. The van der Waals surface area contributed by atoms with Crippen molar-refractivity contribution in [3.63, 3.8) is 0 Å². The van der Waals surface area contributed by atoms with E-state index in [0.717, 1.165) is 0 Å². The summed E-state index contributed by atoms with van der Waals surface area (Å²) in [5.74, 6) is -1.75. The number of nitrogens with one attached hydrogen (secondary N) is 2. The van der Waals surface area contributed by atoms with Gasteiger partial charge >= 0.3 is 5.97 Å². The van der Waals surface area contributed by atoms with E-state index in [1.54, 1.807) is 24.3 Å². The molecule has 0 aliphatic carbocycles. The average molecular weight is 376 g/mol. The molecule has 2 aromatic carbocycles. The molecule has 0 spiro atoms. The molecule has 6 nitrogen and oxygen atoms in total. The van der Waals surface area contributed by atoms with Crippen LogP contribution in [0.4, 0.5) is 11.4 Å². The van der Waals surface area contributed by atoms with Crippen LogP contribution >= 0.6 is 23.2 Å². The van der Waals surface area contributed by atoms with Crippen molar-refractivity contribution >= 4 is 46.5 Å². The third-order valence-corrected chi connectivity index (χ3v) is 3.58. The summed E-state index contributed by atoms with van der Waals surface area (Å²) < 4.78 is 0. The highest BCUT2D eigenvalue weighted by Gasteiger charge is 2.12. The highest BCUT2D eigenvalue weighted by molar-refractivity contribution is 6.36. The number of hydrogen-bond donors (Lipinski definition) is 3. The van der Waals surface area contributed by atoms with Crippen molar-refractivity contribution in [2.24, 2.45) is 0 Å². The van der Waals surface area contributed by atoms with Gasteiger partial charge in [0.2, 0.25) is 0 Å². The number of carbonyl (C=O) groups is 2. The lowest BCUT2D eigenvalue weighted by molar-refractivity contribution is -0.112. The molecule has 8 heteroatoms. The van der Waals surface area contributed by atoms with Crippen LogP contribution in [-0.2, 0) is 4.79 Å². The summed E-state index contributed by atoms with van der Waals surface area (Å²) in [7, 11) is 0. The van der Waals surface area contributed by atoms with Crippen molar-refractivity contribution in [3.05, 3.63) is 69.8 Å². The number of anilines is 2. The normalized spacial score (nSPS) is 10.7. The van der Waals surface area contributed by atoms with Crippen molar-refractivity contribution in [2.75, 3.05) is 10.6 Å². The van der Waals surface area contributed by atoms with Crippen molar-refractivity contribution in [2.45, 2.75) is 0 Å². The summed E-state index contributed by atoms with van der Waals surface area (Å²) in [5, 5.41) is 24.0. The number of nitriles is 1. The van der Waals surface area contributed by atoms with E-state index in [4.69, 9.17) is 33.6 Å². The molecular formula is C17H11Cl2N3O3. The Labute approximate surface area is 153 Å². The van der Waals surface area contributed by atoms with Gasteiger partial charge in [-0.2, -0.15) is 5.26 Å². The first-order chi connectivity index (χ1) is 11.9. The SMILES string of the molecule is N#C/C(=C/Nc1cccc(C(=O)O)c1)C(=O)Nc1ccc(Cl)cc1Cl. The number of aromatic carboxylic acids is 1. The zero-order chi connectivity index (χ0) is 18.4. The fourth-order valence-corrected chi connectivity index (χ4v) is 2.28. The molecule has 0 aliphatic heterocycles. The van der Waals surface area contributed by atoms with Crippen molar-refractivity contribution < 1.29 is 14.7 Å². The van der Waals surface area contributed by atoms with Crippen LogP contribution < -0.4 is 10.6 Å². The van der Waals surface area contributed by atoms with Gasteiger partial charge in [0.15, 0.2) is 0 Å². The van der Waals surface area contributed by atoms with Crippen LogP contribution in [0.5, 0.6) is 0 Å². The molecule has 0 unspecified atom stereocenters. The van der Waals surface area contributed by atoms with Crippen LogP contribution in [0.15, 0.2) is 54.2 Å². The third kappa shape index (κ3) is 4.98. The topological polar surface area (TPSA) is 102 Å². The van der Waals surface area contributed by atoms with Crippen molar-refractivity contribution in [1.29, 1.82) is 5.26 Å². The van der Waals surface area contributed by atoms with Crippen LogP contribution in [0.3, 0.4) is 0 Å². The zero-order valence-corrected chi connectivity index (χ0v) is 14.1. The van der Waals surface area contributed by atoms with Crippen LogP contribution in [0.25, 0.3) is 0 Å². The number of nitrogens with zero attached hydrogens (tertiary/aromatic N) is 1. The summed E-state index contributed by atoms with van der Waals surface area (Å²) in [6.07, 6.45) is 1.18. The minimum atomic E-state index is -1.08. The Hall–Kier alpha value is -3.01. The van der Waals surface area contributed by atoms with E-state index in [-0.39, 0.29) is 16.2 Å². The van der Waals surface area contributed by atoms with Gasteiger partial charge in [-0.25, -0.2) is 4.79 Å². The molecule has 1 amide bonds. The van der Waals surface area contributed by atoms with Crippen LogP contribution in [-0.4, -0.2) is 17.0 Å². The molecule has 126 valence electrons. The zero-order valence-electron chi connectivity index (χ0n) is 12.6. The Morgan fingerprint density at radius 2 is 1.92 bits per heavy atom. The molecule has 2 aromatic rings. The predicted octanol–water partition coefficient (Wildman–Crippen LogP) is 4.15. The van der Waals surface area contributed by atoms with Crippen molar-refractivity contribution in [3.8, 4) is 6.07 Å². The summed E-state index contributed by atoms with van der Waals surface area (Å²) >= 11 is 11.8. The molecule has 0 fully saturated rings. The molecule has 3 N–H and O–H groups in total. The Morgan fingerprint density at radius 1 is 1.16 bits per heavy atom. The monoisotopic (exact) mass is 375 g/mol. The van der Waals surface area contributed by atoms with Crippen LogP contribution in [0, 0.1) is 11.3 Å². The highest BCUT2D eigenvalue weighted by Crippen LogP contribution is 2.25. The van der Waals surface area contributed by atoms with Gasteiger partial charge in [0.25, 0.3) is 5.91 Å². The molecule has 0 radical (unpaired) electrons. The molecule has 2 rings (SSSR count). The maximum absolute atomic E-state index is 12.1. The molecule has 0 saturated carbocycles. The molecule has 0 heterocycles. The van der Waals surface area contributed by atoms with Gasteiger partial charge in [0, 0.05) is 16.9 Å². The van der Waals surface area contributed by atoms with Gasteiger partial charge in [-0.3, -0.25) is 4.79 Å². The maximum atomic E-state index is 12.1. The second-order valence-electron chi connectivity index (χ2n) is 4.78. The van der Waals surface area contributed by atoms with E-state index in [1.807, 2.05) is 0 Å². The quantitative estimate of drug-likeness (QED) is 0.538. The molecule has 0 bridgehead atoms. The average Bonchev–Trinajstić information content (AvgIpc) is 2.58. The number of carboxylic acid groups (broad SMARTS) is 1. The molecule has 25 heavy (non-hydrogen) atoms. The predicted molar refractivity (Wildman–Crippen MR) is 95.8 cm³/mol. The molecule has 0 aliphatic rings. The fourth-order valence-electron chi connectivity index (χ4n) is 1.83. The molecule has 0 atom stereocenters. The second-order valence-corrected chi connectivity index (χ2v) is 5.62. The summed E-state index contributed by atoms with van der Waals surface area (Å²) in [6.45, 7) is 0. The summed E-state index contributed by atoms with van der Waals surface area (Å²) in [6, 6.07) is 12.2. The van der Waals surface area contributed by atoms with Gasteiger partial charge in [-0.15, -0.1) is 0 Å². The number of benzene rings is 2. The highest BCUT2D eigenvalue weighted by atomic mass is 35.5. The number of hydrogen-bond acceptors (Lipinski definition) is 4. The van der Waals surface area contributed by atoms with Crippen LogP contribution in [0.1, 0.15) is 10.4 Å². The Morgan fingerprint density at radius 3 is 2.56 bits per heavy atom. The number of amides is 1. The maximum Gasteiger partial charge on any atom is 0.335 e. The minimum absolute atomic E-state index is 0.0781. The lowest BCUT2D eigenvalue weighted by Crippen LogP contribution is -2.14. The second kappa shape index (κ2) is 8.20. The Balaban J connectivity index is 2.14. The first-order valence-corrected chi connectivity index (χ1v) is 7.63. The molecular weight excluding hydrogens is 365 g/mol. The largest absolute Gasteiger partial charge is 0.478 e. The lowest BCUT2D eigenvalue weighted by atomic mass is 10.2. The van der Waals surface area contributed by atoms with Crippen molar-refractivity contribution in [1.82, 2.24) is 0 Å². The molecule has 0 aromatic heterocycles. The Bertz CT molecular complexity index is 904. The van der Waals surface area contributed by atoms with E-state index < -0.39 is 11.9 Å². The van der Waals surface area contributed by atoms with Gasteiger partial charge < -0.3 is 15.7 Å². The number of carbonyl (C=O) groups excluding carboxylic acids is 1. The van der Waals surface area contributed by atoms with Gasteiger partial charge in [-0.05, 0) is 36.4 Å². The number of halogens is 2. The van der Waals surface area contributed by atoms with E-state index in [9.17, 15) is 9.59 Å². The van der Waals surface area contributed by atoms with Gasteiger partial charge in [0.05, 0.1) is 16.3 Å². The first-order valence-electron chi connectivity index (χ1n) is 6.87. The fraction of sp³-hybridized carbons (Fsp3) is 0. The number of rotatable bonds is 5. The minimum Gasteiger partial charge on any atom is -0.478 e. The van der Waals surface area contributed by atoms with Gasteiger partial charge in [-0.1, -0.05) is 29.3 Å². The third-order valence-electron chi connectivity index (χ3n) is 3.04. The van der Waals surface area contributed by atoms with E-state index in [0.29, 0.717) is 16.4 Å². The van der Waals surface area contributed by atoms with E-state index in [2.05, 4.69) is 10.6 Å². The molecule has 0 saturated heterocycles. The standard InChI is InChI=1S/C17H11Cl2N3O3/c18-12-4-5-15(14(19)7-12)22-16(23)11(8-20)9-21-13-3-1-2-10(6-13)17(24)25/h1-7,9,21H,(H,22,23)(H,24,25)/b11-9-. The van der Waals surface area contributed by atoms with Gasteiger partial charge in [0.1, 0.15) is 11.6 Å². The van der Waals surface area contributed by atoms with E-state index in [1.165, 1.54) is 30.5 Å². The Kier molecular flexibility index (Phi) is 6.01. The summed E-state index contributed by atoms with van der Waals surface area (Å²) in [4.78, 5) is 23.1. The van der Waals surface area contributed by atoms with E-state index >= 15 is 0 Å². The number of carboxylic acids is 1.